The third-order valence-electron chi connectivity index (χ3n) is 4.25. The van der Waals surface area contributed by atoms with E-state index in [-0.39, 0.29) is 0 Å². The second-order valence-electron chi connectivity index (χ2n) is 6.22. The van der Waals surface area contributed by atoms with Crippen molar-refractivity contribution in [1.29, 1.82) is 0 Å². The van der Waals surface area contributed by atoms with E-state index in [1.807, 2.05) is 18.2 Å². The van der Waals surface area contributed by atoms with E-state index in [9.17, 15) is 0 Å². The number of hydrogen-bond donors (Lipinski definition) is 2. The second-order valence-corrected chi connectivity index (χ2v) is 6.66. The van der Waals surface area contributed by atoms with Gasteiger partial charge in [0.15, 0.2) is 5.96 Å². The minimum Gasteiger partial charge on any atom is -0.369 e. The normalized spacial score (nSPS) is 22.0. The zero-order chi connectivity index (χ0) is 15.4. The summed E-state index contributed by atoms with van der Waals surface area (Å²) in [5.41, 5.74) is 1.21. The Labute approximate surface area is 137 Å². The average molecular weight is 321 g/mol. The number of nitrogens with one attached hydrogen (secondary N) is 2. The average Bonchev–Trinajstić information content (AvgIpc) is 3.23. The molecule has 1 aromatic carbocycles. The molecule has 0 bridgehead atoms. The Morgan fingerprint density at radius 1 is 1.36 bits per heavy atom. The van der Waals surface area contributed by atoms with Crippen LogP contribution in [-0.4, -0.2) is 38.2 Å². The number of nitrogens with zero attached hydrogens (tertiary/aromatic N) is 2. The Kier molecular flexibility index (Phi) is 5.08. The Morgan fingerprint density at radius 2 is 2.23 bits per heavy atom. The first-order valence-electron chi connectivity index (χ1n) is 8.30. The van der Waals surface area contributed by atoms with E-state index in [1.165, 1.54) is 18.5 Å². The molecule has 1 saturated heterocycles. The summed E-state index contributed by atoms with van der Waals surface area (Å²) in [6.07, 6.45) is 3.81. The maximum Gasteiger partial charge on any atom is 0.191 e. The molecule has 2 fully saturated rings. The molecule has 120 valence electrons. The molecule has 5 heteroatoms. The highest BCUT2D eigenvalue weighted by Crippen LogP contribution is 2.28. The van der Waals surface area contributed by atoms with Crippen LogP contribution < -0.4 is 15.5 Å². The fraction of sp³-hybridized carbons (Fsp3) is 0.588. The van der Waals surface area contributed by atoms with Crippen LogP contribution >= 0.6 is 11.6 Å². The molecule has 1 heterocycles. The maximum absolute atomic E-state index is 6.09. The second kappa shape index (κ2) is 7.23. The molecular formula is C17H25ClN4. The van der Waals surface area contributed by atoms with Crippen molar-refractivity contribution in [3.63, 3.8) is 0 Å². The Bertz CT molecular complexity index is 527. The molecule has 2 aliphatic rings. The van der Waals surface area contributed by atoms with E-state index < -0.39 is 0 Å². The Hall–Kier alpha value is -1.42. The van der Waals surface area contributed by atoms with Gasteiger partial charge in [-0.2, -0.15) is 0 Å². The summed E-state index contributed by atoms with van der Waals surface area (Å²) in [6, 6.07) is 8.54. The number of hydrogen-bond acceptors (Lipinski definition) is 2. The van der Waals surface area contributed by atoms with E-state index in [0.717, 1.165) is 49.5 Å². The van der Waals surface area contributed by atoms with Crippen molar-refractivity contribution in [3.8, 4) is 0 Å². The lowest BCUT2D eigenvalue weighted by atomic mass is 10.2. The standard InChI is InChI=1S/C17H25ClN4/c1-2-19-17(20-11-13-6-7-13)21-15-8-9-22(12-15)16-5-3-4-14(18)10-16/h3-5,10,13,15H,2,6-9,11-12H2,1H3,(H2,19,20,21). The summed E-state index contributed by atoms with van der Waals surface area (Å²) in [4.78, 5) is 7.09. The molecule has 1 saturated carbocycles. The number of rotatable bonds is 5. The highest BCUT2D eigenvalue weighted by molar-refractivity contribution is 6.30. The van der Waals surface area contributed by atoms with Gasteiger partial charge in [-0.15, -0.1) is 0 Å². The van der Waals surface area contributed by atoms with E-state index in [2.05, 4.69) is 28.5 Å². The number of benzene rings is 1. The van der Waals surface area contributed by atoms with E-state index in [0.29, 0.717) is 6.04 Å². The minimum absolute atomic E-state index is 0.441. The topological polar surface area (TPSA) is 39.7 Å². The largest absolute Gasteiger partial charge is 0.369 e. The molecule has 3 rings (SSSR count). The molecule has 0 radical (unpaired) electrons. The fourth-order valence-electron chi connectivity index (χ4n) is 2.82. The molecule has 22 heavy (non-hydrogen) atoms. The first kappa shape index (κ1) is 15.5. The van der Waals surface area contributed by atoms with Gasteiger partial charge < -0.3 is 15.5 Å². The summed E-state index contributed by atoms with van der Waals surface area (Å²) >= 11 is 6.09. The van der Waals surface area contributed by atoms with Gasteiger partial charge in [-0.05, 0) is 50.3 Å². The van der Waals surface area contributed by atoms with Crippen LogP contribution in [0.25, 0.3) is 0 Å². The van der Waals surface area contributed by atoms with Crippen LogP contribution in [0.4, 0.5) is 5.69 Å². The van der Waals surface area contributed by atoms with Crippen molar-refractivity contribution in [2.45, 2.75) is 32.2 Å². The van der Waals surface area contributed by atoms with Crippen molar-refractivity contribution in [1.82, 2.24) is 10.6 Å². The number of aliphatic imine (C=N–C) groups is 1. The molecular weight excluding hydrogens is 296 g/mol. The lowest BCUT2D eigenvalue weighted by molar-refractivity contribution is 0.647. The monoisotopic (exact) mass is 320 g/mol. The summed E-state index contributed by atoms with van der Waals surface area (Å²) in [5, 5.41) is 7.73. The SMILES string of the molecule is CCNC(=NCC1CC1)NC1CCN(c2cccc(Cl)c2)C1. The lowest BCUT2D eigenvalue weighted by Gasteiger charge is -2.20. The van der Waals surface area contributed by atoms with Gasteiger partial charge in [-0.25, -0.2) is 0 Å². The molecule has 1 aliphatic heterocycles. The molecule has 1 aromatic rings. The van der Waals surface area contributed by atoms with Crippen LogP contribution in [0.5, 0.6) is 0 Å². The van der Waals surface area contributed by atoms with Crippen molar-refractivity contribution in [2.24, 2.45) is 10.9 Å². The van der Waals surface area contributed by atoms with Crippen LogP contribution in [0.1, 0.15) is 26.2 Å². The minimum atomic E-state index is 0.441. The third-order valence-corrected chi connectivity index (χ3v) is 4.49. The lowest BCUT2D eigenvalue weighted by Crippen LogP contribution is -2.44. The van der Waals surface area contributed by atoms with Crippen LogP contribution in [0.15, 0.2) is 29.3 Å². The highest BCUT2D eigenvalue weighted by Gasteiger charge is 2.24. The maximum atomic E-state index is 6.09. The van der Waals surface area contributed by atoms with Crippen molar-refractivity contribution in [3.05, 3.63) is 29.3 Å². The predicted molar refractivity (Wildman–Crippen MR) is 93.9 cm³/mol. The van der Waals surface area contributed by atoms with Gasteiger partial charge in [-0.3, -0.25) is 4.99 Å². The van der Waals surface area contributed by atoms with Gasteiger partial charge in [0.2, 0.25) is 0 Å². The van der Waals surface area contributed by atoms with Gasteiger partial charge in [0, 0.05) is 42.9 Å². The molecule has 0 aromatic heterocycles. The first-order valence-corrected chi connectivity index (χ1v) is 8.67. The van der Waals surface area contributed by atoms with Crippen LogP contribution in [0, 0.1) is 5.92 Å². The number of guanidine groups is 1. The van der Waals surface area contributed by atoms with Crippen molar-refractivity contribution < 1.29 is 0 Å². The first-order chi connectivity index (χ1) is 10.7. The van der Waals surface area contributed by atoms with Crippen LogP contribution in [-0.2, 0) is 0 Å². The predicted octanol–water partition coefficient (Wildman–Crippen LogP) is 2.88. The quantitative estimate of drug-likeness (QED) is 0.647. The van der Waals surface area contributed by atoms with Crippen molar-refractivity contribution >= 4 is 23.2 Å². The van der Waals surface area contributed by atoms with E-state index in [4.69, 9.17) is 16.6 Å². The summed E-state index contributed by atoms with van der Waals surface area (Å²) in [5.74, 6) is 1.79. The summed E-state index contributed by atoms with van der Waals surface area (Å²) in [7, 11) is 0. The van der Waals surface area contributed by atoms with Gasteiger partial charge in [-0.1, -0.05) is 17.7 Å². The smallest absolute Gasteiger partial charge is 0.191 e. The Morgan fingerprint density at radius 3 is 2.95 bits per heavy atom. The molecule has 1 atom stereocenters. The molecule has 1 aliphatic carbocycles. The zero-order valence-corrected chi connectivity index (χ0v) is 13.9. The van der Waals surface area contributed by atoms with Gasteiger partial charge in [0.25, 0.3) is 0 Å². The zero-order valence-electron chi connectivity index (χ0n) is 13.2. The van der Waals surface area contributed by atoms with E-state index in [1.54, 1.807) is 0 Å². The summed E-state index contributed by atoms with van der Waals surface area (Å²) < 4.78 is 0. The van der Waals surface area contributed by atoms with Gasteiger partial charge >= 0.3 is 0 Å². The molecule has 0 amide bonds. The van der Waals surface area contributed by atoms with Gasteiger partial charge in [0.05, 0.1) is 0 Å². The van der Waals surface area contributed by atoms with Crippen molar-refractivity contribution in [2.75, 3.05) is 31.1 Å². The number of anilines is 1. The highest BCUT2D eigenvalue weighted by atomic mass is 35.5. The summed E-state index contributed by atoms with van der Waals surface area (Å²) in [6.45, 7) is 6.02. The molecule has 1 unspecified atom stereocenters. The molecule has 0 spiro atoms. The van der Waals surface area contributed by atoms with Gasteiger partial charge in [0.1, 0.15) is 0 Å². The van der Waals surface area contributed by atoms with Crippen LogP contribution in [0.3, 0.4) is 0 Å². The Balaban J connectivity index is 1.55. The molecule has 2 N–H and O–H groups in total. The van der Waals surface area contributed by atoms with E-state index >= 15 is 0 Å². The van der Waals surface area contributed by atoms with Crippen LogP contribution in [0.2, 0.25) is 5.02 Å². The third kappa shape index (κ3) is 4.29. The molecule has 4 nitrogen and oxygen atoms in total. The fourth-order valence-corrected chi connectivity index (χ4v) is 3.00. The number of halogens is 1.